The Labute approximate surface area is 134 Å². The van der Waals surface area contributed by atoms with Gasteiger partial charge in [-0.25, -0.2) is 8.51 Å². The number of rotatable bonds is 4. The third-order valence-corrected chi connectivity index (χ3v) is 5.37. The van der Waals surface area contributed by atoms with Crippen LogP contribution in [0.3, 0.4) is 0 Å². The lowest BCUT2D eigenvalue weighted by atomic mass is 10.2. The fourth-order valence-corrected chi connectivity index (χ4v) is 3.35. The Hall–Kier alpha value is -2.58. The normalized spacial score (nSPS) is 13.3. The Balaban J connectivity index is 2.51. The zero-order valence-electron chi connectivity index (χ0n) is 12.6. The molecule has 23 heavy (non-hydrogen) atoms. The Morgan fingerprint density at radius 2 is 1.65 bits per heavy atom. The molecule has 0 saturated carbocycles. The number of carbonyl (C=O) groups excluding carboxylic acids is 1. The van der Waals surface area contributed by atoms with Gasteiger partial charge in [-0.2, -0.15) is 0 Å². The van der Waals surface area contributed by atoms with E-state index >= 15 is 0 Å². The van der Waals surface area contributed by atoms with Crippen molar-refractivity contribution in [1.29, 1.82) is 0 Å². The highest BCUT2D eigenvalue weighted by Crippen LogP contribution is 2.21. The number of hydrogen-bond acceptors (Lipinski definition) is 4. The molecule has 0 heterocycles. The van der Waals surface area contributed by atoms with Crippen LogP contribution in [0.15, 0.2) is 63.9 Å². The molecular weight excluding hydrogens is 318 g/mol. The van der Waals surface area contributed by atoms with E-state index in [2.05, 4.69) is 4.36 Å². The van der Waals surface area contributed by atoms with Crippen molar-refractivity contribution in [3.63, 3.8) is 0 Å². The molecule has 2 rings (SSSR count). The minimum atomic E-state index is -3.19. The van der Waals surface area contributed by atoms with E-state index in [1.165, 1.54) is 42.7 Å². The molecular formula is C15H15N3O4S. The number of nitro groups is 1. The Kier molecular flexibility index (Phi) is 4.87. The van der Waals surface area contributed by atoms with Gasteiger partial charge in [0.1, 0.15) is 9.92 Å². The molecule has 0 N–H and O–H groups in total. The number of benzene rings is 2. The lowest BCUT2D eigenvalue weighted by Crippen LogP contribution is -2.23. The third kappa shape index (κ3) is 3.61. The van der Waals surface area contributed by atoms with E-state index < -0.39 is 20.7 Å². The standard InChI is InChI=1S/C15H15N3O4S/c1-17(2)23(22,14-10-8-13(9-11-14)18(20)21)16-15(19)12-6-4-3-5-7-12/h3-11H,1-2H3/t23-/m0/s1. The van der Waals surface area contributed by atoms with Gasteiger partial charge in [-0.3, -0.25) is 14.9 Å². The van der Waals surface area contributed by atoms with Crippen LogP contribution in [-0.2, 0) is 9.92 Å². The van der Waals surface area contributed by atoms with Crippen molar-refractivity contribution >= 4 is 21.5 Å². The summed E-state index contributed by atoms with van der Waals surface area (Å²) in [6, 6.07) is 13.5. The van der Waals surface area contributed by atoms with Crippen LogP contribution in [0.4, 0.5) is 5.69 Å². The molecule has 0 aliphatic heterocycles. The zero-order valence-corrected chi connectivity index (χ0v) is 13.4. The predicted octanol–water partition coefficient (Wildman–Crippen LogP) is 2.74. The maximum absolute atomic E-state index is 13.1. The van der Waals surface area contributed by atoms with E-state index in [4.69, 9.17) is 0 Å². The average Bonchev–Trinajstić information content (AvgIpc) is 2.55. The fourth-order valence-electron chi connectivity index (χ4n) is 1.84. The van der Waals surface area contributed by atoms with Gasteiger partial charge in [0, 0.05) is 31.8 Å². The van der Waals surface area contributed by atoms with Gasteiger partial charge in [0.2, 0.25) is 0 Å². The van der Waals surface area contributed by atoms with Gasteiger partial charge < -0.3 is 0 Å². The summed E-state index contributed by atoms with van der Waals surface area (Å²) in [7, 11) is -0.121. The van der Waals surface area contributed by atoms with Crippen molar-refractivity contribution in [2.24, 2.45) is 4.36 Å². The lowest BCUT2D eigenvalue weighted by molar-refractivity contribution is -0.384. The molecule has 1 atom stereocenters. The Bertz CT molecular complexity index is 839. The summed E-state index contributed by atoms with van der Waals surface area (Å²) < 4.78 is 18.3. The molecule has 0 saturated heterocycles. The van der Waals surface area contributed by atoms with Crippen LogP contribution in [0.2, 0.25) is 0 Å². The monoisotopic (exact) mass is 333 g/mol. The van der Waals surface area contributed by atoms with E-state index in [-0.39, 0.29) is 10.6 Å². The first kappa shape index (κ1) is 16.8. The van der Waals surface area contributed by atoms with Crippen LogP contribution >= 0.6 is 0 Å². The second-order valence-electron chi connectivity index (χ2n) is 4.82. The highest BCUT2D eigenvalue weighted by atomic mass is 32.2. The number of carbonyl (C=O) groups is 1. The van der Waals surface area contributed by atoms with Crippen LogP contribution in [0, 0.1) is 10.1 Å². The third-order valence-electron chi connectivity index (χ3n) is 3.08. The van der Waals surface area contributed by atoms with Gasteiger partial charge in [-0.1, -0.05) is 18.2 Å². The average molecular weight is 333 g/mol. The molecule has 1 amide bonds. The van der Waals surface area contributed by atoms with Gasteiger partial charge in [0.15, 0.2) is 0 Å². The number of amides is 1. The first-order valence-electron chi connectivity index (χ1n) is 6.63. The minimum absolute atomic E-state index is 0.122. The molecule has 0 radical (unpaired) electrons. The van der Waals surface area contributed by atoms with Crippen molar-refractivity contribution in [3.05, 3.63) is 70.3 Å². The summed E-state index contributed by atoms with van der Waals surface area (Å²) in [5, 5.41) is 10.7. The second-order valence-corrected chi connectivity index (χ2v) is 7.20. The van der Waals surface area contributed by atoms with Crippen molar-refractivity contribution in [3.8, 4) is 0 Å². The Morgan fingerprint density at radius 3 is 2.13 bits per heavy atom. The number of hydrogen-bond donors (Lipinski definition) is 0. The van der Waals surface area contributed by atoms with Crippen molar-refractivity contribution in [2.75, 3.05) is 14.1 Å². The van der Waals surface area contributed by atoms with Gasteiger partial charge in [-0.15, -0.1) is 4.36 Å². The van der Waals surface area contributed by atoms with Crippen LogP contribution in [0.1, 0.15) is 10.4 Å². The largest absolute Gasteiger partial charge is 0.286 e. The van der Waals surface area contributed by atoms with Crippen LogP contribution in [-0.4, -0.2) is 33.4 Å². The Morgan fingerprint density at radius 1 is 1.09 bits per heavy atom. The highest BCUT2D eigenvalue weighted by molar-refractivity contribution is 7.91. The molecule has 0 unspecified atom stereocenters. The van der Waals surface area contributed by atoms with Crippen molar-refractivity contribution < 1.29 is 13.9 Å². The van der Waals surface area contributed by atoms with Crippen molar-refractivity contribution in [1.82, 2.24) is 4.31 Å². The van der Waals surface area contributed by atoms with Crippen LogP contribution < -0.4 is 0 Å². The summed E-state index contributed by atoms with van der Waals surface area (Å²) in [6.45, 7) is 0. The summed E-state index contributed by atoms with van der Waals surface area (Å²) >= 11 is 0. The van der Waals surface area contributed by atoms with E-state index in [1.54, 1.807) is 30.3 Å². The van der Waals surface area contributed by atoms with Crippen LogP contribution in [0.5, 0.6) is 0 Å². The van der Waals surface area contributed by atoms with Gasteiger partial charge in [0.05, 0.1) is 9.82 Å². The molecule has 8 heteroatoms. The minimum Gasteiger partial charge on any atom is -0.266 e. The molecule has 0 aromatic heterocycles. The summed E-state index contributed by atoms with van der Waals surface area (Å²) in [5.74, 6) is -0.609. The SMILES string of the molecule is CN(C)[S@@](=O)(=NC(=O)c1ccccc1)c1ccc([N+](=O)[O-])cc1. The first-order valence-corrected chi connectivity index (χ1v) is 8.10. The molecule has 0 fully saturated rings. The maximum atomic E-state index is 13.1. The van der Waals surface area contributed by atoms with E-state index in [9.17, 15) is 19.1 Å². The van der Waals surface area contributed by atoms with Gasteiger partial charge in [-0.05, 0) is 24.3 Å². The molecule has 0 spiro atoms. The van der Waals surface area contributed by atoms with E-state index in [0.29, 0.717) is 5.56 Å². The molecule has 7 nitrogen and oxygen atoms in total. The lowest BCUT2D eigenvalue weighted by Gasteiger charge is -2.16. The topological polar surface area (TPSA) is 92.9 Å². The summed E-state index contributed by atoms with van der Waals surface area (Å²) in [5.41, 5.74) is 0.202. The molecule has 2 aromatic carbocycles. The number of nitrogens with zero attached hydrogens (tertiary/aromatic N) is 3. The second kappa shape index (κ2) is 6.67. The number of nitro benzene ring substituents is 1. The molecule has 120 valence electrons. The van der Waals surface area contributed by atoms with E-state index in [1.807, 2.05) is 0 Å². The van der Waals surface area contributed by atoms with Gasteiger partial charge >= 0.3 is 0 Å². The van der Waals surface area contributed by atoms with Crippen molar-refractivity contribution in [2.45, 2.75) is 4.90 Å². The number of non-ortho nitro benzene ring substituents is 1. The van der Waals surface area contributed by atoms with E-state index in [0.717, 1.165) is 0 Å². The van der Waals surface area contributed by atoms with Crippen LogP contribution in [0.25, 0.3) is 0 Å². The first-order chi connectivity index (χ1) is 10.8. The molecule has 0 aliphatic rings. The molecule has 0 aliphatic carbocycles. The summed E-state index contributed by atoms with van der Waals surface area (Å²) in [6.07, 6.45) is 0. The maximum Gasteiger partial charge on any atom is 0.286 e. The zero-order chi connectivity index (χ0) is 17.0. The smallest absolute Gasteiger partial charge is 0.266 e. The molecule has 2 aromatic rings. The molecule has 0 bridgehead atoms. The predicted molar refractivity (Wildman–Crippen MR) is 86.4 cm³/mol. The quantitative estimate of drug-likeness (QED) is 0.635. The highest BCUT2D eigenvalue weighted by Gasteiger charge is 2.20. The fraction of sp³-hybridized carbons (Fsp3) is 0.133. The summed E-state index contributed by atoms with van der Waals surface area (Å²) in [4.78, 5) is 22.6. The van der Waals surface area contributed by atoms with Gasteiger partial charge in [0.25, 0.3) is 11.6 Å².